The minimum absolute atomic E-state index is 0.405. The number of rotatable bonds is 3. The molecule has 2 N–H and O–H groups in total. The van der Waals surface area contributed by atoms with Crippen molar-refractivity contribution in [2.24, 2.45) is 11.1 Å². The van der Waals surface area contributed by atoms with E-state index in [1.54, 1.807) is 0 Å². The first kappa shape index (κ1) is 9.79. The van der Waals surface area contributed by atoms with Gasteiger partial charge in [0.15, 0.2) is 0 Å². The standard InChI is InChI=1S/C14H16N2/c15-10-14(5-6-14)9-11-3-4-12-2-1-7-16-13(12)8-11/h1-4,7-8H,5-6,9-10,15H2. The molecule has 0 atom stereocenters. The Hall–Kier alpha value is -1.41. The predicted molar refractivity (Wildman–Crippen MR) is 66.2 cm³/mol. The van der Waals surface area contributed by atoms with Gasteiger partial charge < -0.3 is 5.73 Å². The number of hydrogen-bond acceptors (Lipinski definition) is 2. The number of pyridine rings is 1. The topological polar surface area (TPSA) is 38.9 Å². The molecule has 3 rings (SSSR count). The molecule has 1 aliphatic carbocycles. The smallest absolute Gasteiger partial charge is 0.0704 e. The van der Waals surface area contributed by atoms with E-state index in [4.69, 9.17) is 5.73 Å². The molecule has 0 saturated heterocycles. The van der Waals surface area contributed by atoms with Crippen LogP contribution in [0.1, 0.15) is 18.4 Å². The monoisotopic (exact) mass is 212 g/mol. The third-order valence-electron chi connectivity index (χ3n) is 3.64. The van der Waals surface area contributed by atoms with Gasteiger partial charge in [-0.3, -0.25) is 4.98 Å². The van der Waals surface area contributed by atoms with Crippen LogP contribution in [0.2, 0.25) is 0 Å². The Bertz CT molecular complexity index is 515. The Morgan fingerprint density at radius 1 is 1.25 bits per heavy atom. The van der Waals surface area contributed by atoms with E-state index in [0.717, 1.165) is 18.5 Å². The molecular formula is C14H16N2. The summed E-state index contributed by atoms with van der Waals surface area (Å²) >= 11 is 0. The second kappa shape index (κ2) is 3.56. The Kier molecular flexibility index (Phi) is 2.18. The molecule has 0 amide bonds. The lowest BCUT2D eigenvalue weighted by molar-refractivity contribution is 0.521. The van der Waals surface area contributed by atoms with Crippen LogP contribution >= 0.6 is 0 Å². The number of hydrogen-bond donors (Lipinski definition) is 1. The Morgan fingerprint density at radius 3 is 2.88 bits per heavy atom. The maximum atomic E-state index is 5.81. The van der Waals surface area contributed by atoms with E-state index in [0.29, 0.717) is 5.41 Å². The largest absolute Gasteiger partial charge is 0.330 e. The van der Waals surface area contributed by atoms with Crippen LogP contribution in [-0.2, 0) is 6.42 Å². The highest BCUT2D eigenvalue weighted by atomic mass is 14.7. The zero-order valence-corrected chi connectivity index (χ0v) is 9.32. The molecule has 2 heteroatoms. The van der Waals surface area contributed by atoms with Crippen molar-refractivity contribution < 1.29 is 0 Å². The lowest BCUT2D eigenvalue weighted by atomic mass is 9.96. The van der Waals surface area contributed by atoms with Gasteiger partial charge in [-0.2, -0.15) is 0 Å². The van der Waals surface area contributed by atoms with Crippen molar-refractivity contribution in [2.75, 3.05) is 6.54 Å². The average molecular weight is 212 g/mol. The van der Waals surface area contributed by atoms with Crippen LogP contribution in [0.5, 0.6) is 0 Å². The second-order valence-corrected chi connectivity index (χ2v) is 4.91. The van der Waals surface area contributed by atoms with E-state index in [1.165, 1.54) is 23.8 Å². The van der Waals surface area contributed by atoms with Crippen molar-refractivity contribution in [1.82, 2.24) is 4.98 Å². The Balaban J connectivity index is 1.93. The number of aromatic nitrogens is 1. The van der Waals surface area contributed by atoms with Crippen molar-refractivity contribution in [3.05, 3.63) is 42.1 Å². The summed E-state index contributed by atoms with van der Waals surface area (Å²) in [5.41, 5.74) is 8.68. The first-order valence-corrected chi connectivity index (χ1v) is 5.85. The van der Waals surface area contributed by atoms with Crippen molar-refractivity contribution in [2.45, 2.75) is 19.3 Å². The minimum Gasteiger partial charge on any atom is -0.330 e. The molecule has 2 nitrogen and oxygen atoms in total. The summed E-state index contributed by atoms with van der Waals surface area (Å²) in [5.74, 6) is 0. The normalized spacial score (nSPS) is 17.6. The van der Waals surface area contributed by atoms with Crippen LogP contribution in [0.3, 0.4) is 0 Å². The van der Waals surface area contributed by atoms with Crippen molar-refractivity contribution in [3.8, 4) is 0 Å². The van der Waals surface area contributed by atoms with Crippen molar-refractivity contribution in [1.29, 1.82) is 0 Å². The average Bonchev–Trinajstić information content (AvgIpc) is 3.09. The maximum Gasteiger partial charge on any atom is 0.0704 e. The summed E-state index contributed by atoms with van der Waals surface area (Å²) in [5, 5.41) is 1.21. The molecule has 1 heterocycles. The van der Waals surface area contributed by atoms with Gasteiger partial charge in [0.1, 0.15) is 0 Å². The van der Waals surface area contributed by atoms with Gasteiger partial charge in [-0.05, 0) is 48.9 Å². The van der Waals surface area contributed by atoms with Gasteiger partial charge in [0, 0.05) is 11.6 Å². The fraction of sp³-hybridized carbons (Fsp3) is 0.357. The molecule has 0 aliphatic heterocycles. The van der Waals surface area contributed by atoms with Crippen molar-refractivity contribution in [3.63, 3.8) is 0 Å². The SMILES string of the molecule is NCC1(Cc2ccc3cccnc3c2)CC1. The molecule has 0 radical (unpaired) electrons. The summed E-state index contributed by atoms with van der Waals surface area (Å²) in [7, 11) is 0. The summed E-state index contributed by atoms with van der Waals surface area (Å²) in [6.45, 7) is 0.813. The van der Waals surface area contributed by atoms with E-state index < -0.39 is 0 Å². The van der Waals surface area contributed by atoms with Gasteiger partial charge in [-0.15, -0.1) is 0 Å². The number of fused-ring (bicyclic) bond motifs is 1. The first-order valence-electron chi connectivity index (χ1n) is 5.85. The third-order valence-corrected chi connectivity index (χ3v) is 3.64. The lowest BCUT2D eigenvalue weighted by Crippen LogP contribution is -2.17. The molecule has 0 bridgehead atoms. The van der Waals surface area contributed by atoms with Gasteiger partial charge in [0.05, 0.1) is 5.52 Å². The molecular weight excluding hydrogens is 196 g/mol. The van der Waals surface area contributed by atoms with Crippen LogP contribution in [0.25, 0.3) is 10.9 Å². The molecule has 1 fully saturated rings. The van der Waals surface area contributed by atoms with E-state index >= 15 is 0 Å². The molecule has 0 spiro atoms. The summed E-state index contributed by atoms with van der Waals surface area (Å²) in [4.78, 5) is 4.39. The molecule has 1 aromatic carbocycles. The van der Waals surface area contributed by atoms with E-state index in [2.05, 4.69) is 29.2 Å². The fourth-order valence-corrected chi connectivity index (χ4v) is 2.28. The Morgan fingerprint density at radius 2 is 2.12 bits per heavy atom. The van der Waals surface area contributed by atoms with Gasteiger partial charge in [-0.25, -0.2) is 0 Å². The van der Waals surface area contributed by atoms with E-state index in [1.807, 2.05) is 12.3 Å². The Labute approximate surface area is 95.5 Å². The highest BCUT2D eigenvalue weighted by Crippen LogP contribution is 2.47. The van der Waals surface area contributed by atoms with Crippen LogP contribution in [0, 0.1) is 5.41 Å². The predicted octanol–water partition coefficient (Wildman–Crippen LogP) is 2.52. The lowest BCUT2D eigenvalue weighted by Gasteiger charge is -2.12. The van der Waals surface area contributed by atoms with Crippen molar-refractivity contribution >= 4 is 10.9 Å². The first-order chi connectivity index (χ1) is 7.81. The molecule has 0 unspecified atom stereocenters. The van der Waals surface area contributed by atoms with E-state index in [-0.39, 0.29) is 0 Å². The molecule has 2 aromatic rings. The molecule has 1 aromatic heterocycles. The van der Waals surface area contributed by atoms with Gasteiger partial charge in [0.25, 0.3) is 0 Å². The summed E-state index contributed by atoms with van der Waals surface area (Å²) in [6, 6.07) is 10.6. The second-order valence-electron chi connectivity index (χ2n) is 4.91. The number of nitrogens with zero attached hydrogens (tertiary/aromatic N) is 1. The van der Waals surface area contributed by atoms with Gasteiger partial charge in [-0.1, -0.05) is 18.2 Å². The minimum atomic E-state index is 0.405. The third kappa shape index (κ3) is 1.69. The fourth-order valence-electron chi connectivity index (χ4n) is 2.28. The highest BCUT2D eigenvalue weighted by Gasteiger charge is 2.40. The molecule has 1 aliphatic rings. The number of nitrogens with two attached hydrogens (primary N) is 1. The van der Waals surface area contributed by atoms with Crippen LogP contribution in [0.15, 0.2) is 36.5 Å². The molecule has 16 heavy (non-hydrogen) atoms. The quantitative estimate of drug-likeness (QED) is 0.849. The molecule has 1 saturated carbocycles. The summed E-state index contributed by atoms with van der Waals surface area (Å²) in [6.07, 6.45) is 5.52. The zero-order chi connectivity index (χ0) is 11.0. The molecule has 82 valence electrons. The number of benzene rings is 1. The maximum absolute atomic E-state index is 5.81. The van der Waals surface area contributed by atoms with Gasteiger partial charge in [0.2, 0.25) is 0 Å². The van der Waals surface area contributed by atoms with Crippen LogP contribution < -0.4 is 5.73 Å². The zero-order valence-electron chi connectivity index (χ0n) is 9.32. The van der Waals surface area contributed by atoms with E-state index in [9.17, 15) is 0 Å². The van der Waals surface area contributed by atoms with Crippen LogP contribution in [0.4, 0.5) is 0 Å². The summed E-state index contributed by atoms with van der Waals surface area (Å²) < 4.78 is 0. The highest BCUT2D eigenvalue weighted by molar-refractivity contribution is 5.78. The van der Waals surface area contributed by atoms with Gasteiger partial charge >= 0.3 is 0 Å². The van der Waals surface area contributed by atoms with Crippen LogP contribution in [-0.4, -0.2) is 11.5 Å².